The molecule has 1 aliphatic rings. The number of nitrogens with zero attached hydrogens (tertiary/aromatic N) is 2. The Hall–Kier alpha value is -2.05. The quantitative estimate of drug-likeness (QED) is 0.456. The number of hydrogen-bond donors (Lipinski definition) is 3. The number of benzene rings is 2. The smallest absolute Gasteiger partial charge is 0.127 e. The lowest BCUT2D eigenvalue weighted by Crippen LogP contribution is -2.57. The van der Waals surface area contributed by atoms with Crippen LogP contribution in [-0.2, 0) is 6.54 Å². The van der Waals surface area contributed by atoms with Crippen molar-refractivity contribution in [3.8, 4) is 5.75 Å². The maximum Gasteiger partial charge on any atom is 0.127 e. The third-order valence-electron chi connectivity index (χ3n) is 5.73. The number of piperidine rings is 1. The molecule has 1 fully saturated rings. The van der Waals surface area contributed by atoms with E-state index in [1.54, 1.807) is 6.07 Å². The number of rotatable bonds is 5. The van der Waals surface area contributed by atoms with Gasteiger partial charge in [0.1, 0.15) is 5.75 Å². The number of nitrogens with one attached hydrogen (secondary N) is 2. The van der Waals surface area contributed by atoms with Gasteiger partial charge in [0.2, 0.25) is 0 Å². The fraction of sp³-hybridized carbons (Fsp3) is 0.400. The molecule has 3 N–H and O–H groups in total. The van der Waals surface area contributed by atoms with E-state index >= 15 is 0 Å². The summed E-state index contributed by atoms with van der Waals surface area (Å²) in [5.41, 5.74) is 3.09. The van der Waals surface area contributed by atoms with Crippen molar-refractivity contribution in [1.29, 1.82) is 0 Å². The fourth-order valence-electron chi connectivity index (χ4n) is 4.44. The summed E-state index contributed by atoms with van der Waals surface area (Å²) in [6.45, 7) is 8.27. The van der Waals surface area contributed by atoms with E-state index in [-0.39, 0.29) is 29.9 Å². The lowest BCUT2D eigenvalue weighted by molar-refractivity contribution is 0.269. The van der Waals surface area contributed by atoms with Crippen molar-refractivity contribution in [2.75, 3.05) is 11.4 Å². The molecule has 0 aliphatic carbocycles. The first-order valence-corrected chi connectivity index (χ1v) is 11.3. The molecule has 7 heteroatoms. The first-order valence-electron chi connectivity index (χ1n) is 10.9. The minimum Gasteiger partial charge on any atom is -0.507 e. The molecule has 0 amide bonds. The molecule has 2 unspecified atom stereocenters. The molecule has 1 aromatic heterocycles. The number of hydrogen-bond acceptors (Lipinski definition) is 5. The van der Waals surface area contributed by atoms with Crippen LogP contribution in [0.2, 0.25) is 5.02 Å². The van der Waals surface area contributed by atoms with Crippen LogP contribution in [0.1, 0.15) is 39.2 Å². The van der Waals surface area contributed by atoms with Gasteiger partial charge in [0.25, 0.3) is 0 Å². The van der Waals surface area contributed by atoms with Gasteiger partial charge in [0.15, 0.2) is 0 Å². The van der Waals surface area contributed by atoms with Crippen LogP contribution in [0.4, 0.5) is 5.69 Å². The summed E-state index contributed by atoms with van der Waals surface area (Å²) in [6.07, 6.45) is 3.94. The Morgan fingerprint density at radius 3 is 2.59 bits per heavy atom. The molecule has 5 nitrogen and oxygen atoms in total. The highest BCUT2D eigenvalue weighted by molar-refractivity contribution is 6.30. The molecule has 0 spiro atoms. The number of halogens is 2. The third kappa shape index (κ3) is 5.84. The van der Waals surface area contributed by atoms with Gasteiger partial charge in [0.05, 0.1) is 22.8 Å². The van der Waals surface area contributed by atoms with E-state index in [0.29, 0.717) is 6.04 Å². The molecule has 0 radical (unpaired) electrons. The van der Waals surface area contributed by atoms with Gasteiger partial charge >= 0.3 is 0 Å². The summed E-state index contributed by atoms with van der Waals surface area (Å²) in [5, 5.41) is 19.7. The van der Waals surface area contributed by atoms with Crippen LogP contribution in [0.3, 0.4) is 0 Å². The highest BCUT2D eigenvalue weighted by Crippen LogP contribution is 2.35. The first-order chi connectivity index (χ1) is 14.8. The summed E-state index contributed by atoms with van der Waals surface area (Å²) < 4.78 is 0. The molecule has 2 aromatic carbocycles. The largest absolute Gasteiger partial charge is 0.507 e. The highest BCUT2D eigenvalue weighted by Gasteiger charge is 2.31. The molecule has 2 atom stereocenters. The molecule has 4 rings (SSSR count). The van der Waals surface area contributed by atoms with Crippen LogP contribution in [-0.4, -0.2) is 34.4 Å². The summed E-state index contributed by atoms with van der Waals surface area (Å²) in [7, 11) is 0. The van der Waals surface area contributed by atoms with Crippen LogP contribution in [0.5, 0.6) is 5.75 Å². The van der Waals surface area contributed by atoms with Crippen molar-refractivity contribution in [1.82, 2.24) is 15.6 Å². The number of aromatic hydroxyl groups is 1. The Morgan fingerprint density at radius 2 is 1.88 bits per heavy atom. The SMILES string of the molecule is CC(C)(C)NC1CCN(c2ccnc3cccc(O)c23)C(NCc2ccc(Cl)cc2)C1.Cl. The van der Waals surface area contributed by atoms with E-state index in [9.17, 15) is 5.11 Å². The van der Waals surface area contributed by atoms with E-state index in [1.165, 1.54) is 5.56 Å². The molecule has 2 heterocycles. The maximum atomic E-state index is 10.6. The fourth-order valence-corrected chi connectivity index (χ4v) is 4.56. The van der Waals surface area contributed by atoms with E-state index in [2.05, 4.69) is 53.4 Å². The zero-order chi connectivity index (χ0) is 22.0. The number of phenolic OH excluding ortho intramolecular Hbond substituents is 1. The van der Waals surface area contributed by atoms with Crippen molar-refractivity contribution in [3.63, 3.8) is 0 Å². The summed E-state index contributed by atoms with van der Waals surface area (Å²) >= 11 is 6.05. The zero-order valence-electron chi connectivity index (χ0n) is 18.8. The second-order valence-corrected chi connectivity index (χ2v) is 9.77. The van der Waals surface area contributed by atoms with Crippen LogP contribution in [0.25, 0.3) is 10.9 Å². The third-order valence-corrected chi connectivity index (χ3v) is 5.98. The Morgan fingerprint density at radius 1 is 1.12 bits per heavy atom. The Kier molecular flexibility index (Phi) is 7.88. The monoisotopic (exact) mass is 474 g/mol. The van der Waals surface area contributed by atoms with E-state index in [4.69, 9.17) is 11.6 Å². The number of pyridine rings is 1. The number of aromatic nitrogens is 1. The first kappa shape index (κ1) is 24.6. The van der Waals surface area contributed by atoms with Gasteiger partial charge in [0, 0.05) is 35.9 Å². The lowest BCUT2D eigenvalue weighted by Gasteiger charge is -2.43. The van der Waals surface area contributed by atoms with Gasteiger partial charge < -0.3 is 15.3 Å². The van der Waals surface area contributed by atoms with Gasteiger partial charge in [-0.15, -0.1) is 12.4 Å². The summed E-state index contributed by atoms with van der Waals surface area (Å²) in [4.78, 5) is 6.83. The van der Waals surface area contributed by atoms with E-state index in [0.717, 1.165) is 47.5 Å². The predicted octanol–water partition coefficient (Wildman–Crippen LogP) is 5.49. The molecule has 172 valence electrons. The Labute approximate surface area is 201 Å². The van der Waals surface area contributed by atoms with Gasteiger partial charge in [-0.3, -0.25) is 10.3 Å². The molecule has 0 bridgehead atoms. The predicted molar refractivity (Wildman–Crippen MR) is 136 cm³/mol. The maximum absolute atomic E-state index is 10.6. The molecule has 3 aromatic rings. The van der Waals surface area contributed by atoms with E-state index in [1.807, 2.05) is 36.5 Å². The summed E-state index contributed by atoms with van der Waals surface area (Å²) in [6, 6.07) is 15.9. The van der Waals surface area contributed by atoms with E-state index < -0.39 is 0 Å². The van der Waals surface area contributed by atoms with Crippen LogP contribution >= 0.6 is 24.0 Å². The van der Waals surface area contributed by atoms with Gasteiger partial charge in [-0.2, -0.15) is 0 Å². The minimum atomic E-state index is 0. The second-order valence-electron chi connectivity index (χ2n) is 9.33. The topological polar surface area (TPSA) is 60.4 Å². The van der Waals surface area contributed by atoms with Crippen LogP contribution in [0, 0.1) is 0 Å². The number of phenols is 1. The van der Waals surface area contributed by atoms with Crippen LogP contribution in [0.15, 0.2) is 54.7 Å². The van der Waals surface area contributed by atoms with Crippen LogP contribution < -0.4 is 15.5 Å². The normalized spacial score (nSPS) is 19.1. The molecule has 32 heavy (non-hydrogen) atoms. The number of fused-ring (bicyclic) bond motifs is 1. The standard InChI is InChI=1S/C25H31ClN4O.ClH/c1-25(2,3)29-19-12-14-30(21-11-13-27-20-5-4-6-22(31)24(20)21)23(15-19)28-16-17-7-9-18(26)10-8-17;/h4-11,13,19,23,28-29,31H,12,14-16H2,1-3H3;1H. The second kappa shape index (κ2) is 10.3. The van der Waals surface area contributed by atoms with Gasteiger partial charge in [-0.25, -0.2) is 0 Å². The number of anilines is 1. The molecular weight excluding hydrogens is 443 g/mol. The molecule has 1 saturated heterocycles. The molecular formula is C25H32Cl2N4O. The lowest BCUT2D eigenvalue weighted by atomic mass is 9.96. The Bertz CT molecular complexity index is 1030. The van der Waals surface area contributed by atoms with Crippen molar-refractivity contribution in [2.45, 2.75) is 57.9 Å². The van der Waals surface area contributed by atoms with Gasteiger partial charge in [-0.1, -0.05) is 29.8 Å². The zero-order valence-corrected chi connectivity index (χ0v) is 20.4. The summed E-state index contributed by atoms with van der Waals surface area (Å²) in [5.74, 6) is 0.270. The van der Waals surface area contributed by atoms with Gasteiger partial charge in [-0.05, 0) is 69.5 Å². The van der Waals surface area contributed by atoms with Crippen molar-refractivity contribution >= 4 is 40.6 Å². The van der Waals surface area contributed by atoms with Crippen molar-refractivity contribution in [2.24, 2.45) is 0 Å². The average Bonchev–Trinajstić information content (AvgIpc) is 2.72. The molecule has 0 saturated carbocycles. The average molecular weight is 475 g/mol. The van der Waals surface area contributed by atoms with Crippen molar-refractivity contribution < 1.29 is 5.11 Å². The molecule has 1 aliphatic heterocycles. The Balaban J connectivity index is 0.00000289. The van der Waals surface area contributed by atoms with Crippen molar-refractivity contribution in [3.05, 3.63) is 65.3 Å². The highest BCUT2D eigenvalue weighted by atomic mass is 35.5. The minimum absolute atomic E-state index is 0.